The summed E-state index contributed by atoms with van der Waals surface area (Å²) in [7, 11) is 4.63. The van der Waals surface area contributed by atoms with Crippen LogP contribution in [-0.4, -0.2) is 38.4 Å². The van der Waals surface area contributed by atoms with Crippen LogP contribution in [0.25, 0.3) is 0 Å². The molecule has 0 aliphatic rings. The van der Waals surface area contributed by atoms with Gasteiger partial charge in [0.15, 0.2) is 11.5 Å². The maximum absolute atomic E-state index is 11.0. The first-order chi connectivity index (χ1) is 9.99. The molecule has 0 spiro atoms. The number of methoxy groups -OCH3 is 3. The number of hydrogen-bond acceptors (Lipinski definition) is 5. The van der Waals surface area contributed by atoms with Crippen molar-refractivity contribution in [3.8, 4) is 17.2 Å². The molecule has 0 aliphatic heterocycles. The number of ether oxygens (including phenoxy) is 3. The Morgan fingerprint density at radius 3 is 2.24 bits per heavy atom. The molecule has 0 aromatic heterocycles. The van der Waals surface area contributed by atoms with Crippen LogP contribution in [0.15, 0.2) is 12.1 Å². The van der Waals surface area contributed by atoms with Crippen molar-refractivity contribution < 1.29 is 24.1 Å². The summed E-state index contributed by atoms with van der Waals surface area (Å²) in [6.45, 7) is 1.98. The molecule has 118 valence electrons. The molecule has 6 heteroatoms. The first-order valence-corrected chi connectivity index (χ1v) is 6.77. The topological polar surface area (TPSA) is 91.0 Å². The Balaban J connectivity index is 3.23. The van der Waals surface area contributed by atoms with Crippen LogP contribution in [0, 0.1) is 0 Å². The standard InChI is InChI=1S/C15H23NO5/c1-5-9(8-11(16)15(17)18)10-6-7-12(19-2)14(21-4)13(10)20-3/h6-7,9,11H,5,8,16H2,1-4H3,(H,17,18). The number of benzene rings is 1. The summed E-state index contributed by atoms with van der Waals surface area (Å²) in [6.07, 6.45) is 1.07. The van der Waals surface area contributed by atoms with E-state index in [2.05, 4.69) is 0 Å². The fourth-order valence-corrected chi connectivity index (χ4v) is 2.37. The van der Waals surface area contributed by atoms with Gasteiger partial charge in [0.25, 0.3) is 0 Å². The molecule has 1 aromatic rings. The highest BCUT2D eigenvalue weighted by Crippen LogP contribution is 2.44. The van der Waals surface area contributed by atoms with Crippen molar-refractivity contribution in [3.05, 3.63) is 17.7 Å². The lowest BCUT2D eigenvalue weighted by Gasteiger charge is -2.22. The van der Waals surface area contributed by atoms with E-state index in [0.29, 0.717) is 23.7 Å². The van der Waals surface area contributed by atoms with E-state index in [1.807, 2.05) is 13.0 Å². The molecule has 0 saturated heterocycles. The van der Waals surface area contributed by atoms with E-state index < -0.39 is 12.0 Å². The van der Waals surface area contributed by atoms with E-state index >= 15 is 0 Å². The smallest absolute Gasteiger partial charge is 0.320 e. The second kappa shape index (κ2) is 7.73. The molecule has 0 amide bonds. The van der Waals surface area contributed by atoms with E-state index in [9.17, 15) is 4.79 Å². The second-order valence-corrected chi connectivity index (χ2v) is 4.71. The monoisotopic (exact) mass is 297 g/mol. The van der Waals surface area contributed by atoms with Crippen LogP contribution in [0.2, 0.25) is 0 Å². The number of carboxylic acid groups (broad SMARTS) is 1. The molecule has 1 aromatic carbocycles. The van der Waals surface area contributed by atoms with Crippen LogP contribution in [-0.2, 0) is 4.79 Å². The number of carbonyl (C=O) groups is 1. The minimum absolute atomic E-state index is 0.0362. The highest BCUT2D eigenvalue weighted by molar-refractivity contribution is 5.73. The number of rotatable bonds is 8. The zero-order valence-electron chi connectivity index (χ0n) is 12.9. The minimum atomic E-state index is -1.01. The largest absolute Gasteiger partial charge is 0.493 e. The number of aliphatic carboxylic acids is 1. The fraction of sp³-hybridized carbons (Fsp3) is 0.533. The Morgan fingerprint density at radius 1 is 1.19 bits per heavy atom. The number of carboxylic acids is 1. The van der Waals surface area contributed by atoms with E-state index in [1.165, 1.54) is 7.11 Å². The predicted molar refractivity (Wildman–Crippen MR) is 79.4 cm³/mol. The molecule has 1 rings (SSSR count). The molecule has 6 nitrogen and oxygen atoms in total. The van der Waals surface area contributed by atoms with Gasteiger partial charge in [0.1, 0.15) is 6.04 Å². The molecule has 21 heavy (non-hydrogen) atoms. The zero-order chi connectivity index (χ0) is 16.0. The van der Waals surface area contributed by atoms with Gasteiger partial charge in [-0.2, -0.15) is 0 Å². The quantitative estimate of drug-likeness (QED) is 0.762. The average Bonchev–Trinajstić information content (AvgIpc) is 2.50. The second-order valence-electron chi connectivity index (χ2n) is 4.71. The summed E-state index contributed by atoms with van der Waals surface area (Å²) >= 11 is 0. The summed E-state index contributed by atoms with van der Waals surface area (Å²) in [5, 5.41) is 8.98. The van der Waals surface area contributed by atoms with Gasteiger partial charge < -0.3 is 25.1 Å². The van der Waals surface area contributed by atoms with E-state index in [-0.39, 0.29) is 5.92 Å². The van der Waals surface area contributed by atoms with Gasteiger partial charge >= 0.3 is 5.97 Å². The lowest BCUT2D eigenvalue weighted by molar-refractivity contribution is -0.138. The maximum atomic E-state index is 11.0. The normalized spacial score (nSPS) is 13.4. The summed E-state index contributed by atoms with van der Waals surface area (Å²) in [5.74, 6) is 0.579. The summed E-state index contributed by atoms with van der Waals surface area (Å²) in [5.41, 5.74) is 6.52. The van der Waals surface area contributed by atoms with Gasteiger partial charge in [-0.25, -0.2) is 0 Å². The molecular weight excluding hydrogens is 274 g/mol. The molecule has 0 bridgehead atoms. The first-order valence-electron chi connectivity index (χ1n) is 6.77. The van der Waals surface area contributed by atoms with Crippen LogP contribution in [0.1, 0.15) is 31.2 Å². The number of nitrogens with two attached hydrogens (primary N) is 1. The predicted octanol–water partition coefficient (Wildman–Crippen LogP) is 2.01. The summed E-state index contributed by atoms with van der Waals surface area (Å²) in [6, 6.07) is 2.74. The van der Waals surface area contributed by atoms with E-state index in [1.54, 1.807) is 20.3 Å². The minimum Gasteiger partial charge on any atom is -0.493 e. The Bertz CT molecular complexity index is 489. The van der Waals surface area contributed by atoms with Crippen LogP contribution in [0.4, 0.5) is 0 Å². The van der Waals surface area contributed by atoms with Gasteiger partial charge in [-0.3, -0.25) is 4.79 Å². The van der Waals surface area contributed by atoms with Gasteiger partial charge in [0.05, 0.1) is 21.3 Å². The van der Waals surface area contributed by atoms with Gasteiger partial charge in [0.2, 0.25) is 5.75 Å². The molecule has 2 atom stereocenters. The van der Waals surface area contributed by atoms with Crippen molar-refractivity contribution in [3.63, 3.8) is 0 Å². The third-order valence-corrected chi connectivity index (χ3v) is 3.52. The lowest BCUT2D eigenvalue weighted by Crippen LogP contribution is -2.31. The van der Waals surface area contributed by atoms with Crippen LogP contribution in [0.5, 0.6) is 17.2 Å². The first kappa shape index (κ1) is 17.1. The third kappa shape index (κ3) is 3.78. The molecule has 0 heterocycles. The van der Waals surface area contributed by atoms with Crippen molar-refractivity contribution in [2.45, 2.75) is 31.7 Å². The molecule has 0 aliphatic carbocycles. The Hall–Kier alpha value is -1.95. The lowest BCUT2D eigenvalue weighted by atomic mass is 9.89. The van der Waals surface area contributed by atoms with Crippen molar-refractivity contribution in [2.75, 3.05) is 21.3 Å². The maximum Gasteiger partial charge on any atom is 0.320 e. The molecular formula is C15H23NO5. The van der Waals surface area contributed by atoms with Crippen LogP contribution < -0.4 is 19.9 Å². The molecule has 2 unspecified atom stereocenters. The Labute approximate surface area is 124 Å². The molecule has 0 fully saturated rings. The van der Waals surface area contributed by atoms with Gasteiger partial charge in [0, 0.05) is 5.56 Å². The highest BCUT2D eigenvalue weighted by atomic mass is 16.5. The van der Waals surface area contributed by atoms with Crippen molar-refractivity contribution in [2.24, 2.45) is 5.73 Å². The average molecular weight is 297 g/mol. The van der Waals surface area contributed by atoms with Crippen LogP contribution >= 0.6 is 0 Å². The Kier molecular flexibility index (Phi) is 6.30. The van der Waals surface area contributed by atoms with Crippen molar-refractivity contribution in [1.82, 2.24) is 0 Å². The van der Waals surface area contributed by atoms with Gasteiger partial charge in [-0.1, -0.05) is 13.0 Å². The fourth-order valence-electron chi connectivity index (χ4n) is 2.37. The number of hydrogen-bond donors (Lipinski definition) is 2. The van der Waals surface area contributed by atoms with Crippen LogP contribution in [0.3, 0.4) is 0 Å². The summed E-state index contributed by atoms with van der Waals surface area (Å²) in [4.78, 5) is 11.0. The Morgan fingerprint density at radius 2 is 1.81 bits per heavy atom. The summed E-state index contributed by atoms with van der Waals surface area (Å²) < 4.78 is 16.0. The van der Waals surface area contributed by atoms with Gasteiger partial charge in [-0.15, -0.1) is 0 Å². The van der Waals surface area contributed by atoms with Crippen molar-refractivity contribution >= 4 is 5.97 Å². The third-order valence-electron chi connectivity index (χ3n) is 3.52. The van der Waals surface area contributed by atoms with E-state index in [4.69, 9.17) is 25.1 Å². The molecule has 0 saturated carbocycles. The van der Waals surface area contributed by atoms with Gasteiger partial charge in [-0.05, 0) is 24.8 Å². The molecule has 0 radical (unpaired) electrons. The van der Waals surface area contributed by atoms with E-state index in [0.717, 1.165) is 12.0 Å². The molecule has 3 N–H and O–H groups in total. The zero-order valence-corrected chi connectivity index (χ0v) is 12.9. The van der Waals surface area contributed by atoms with Crippen molar-refractivity contribution in [1.29, 1.82) is 0 Å². The highest BCUT2D eigenvalue weighted by Gasteiger charge is 2.25. The SMILES string of the molecule is CCC(CC(N)C(=O)O)c1ccc(OC)c(OC)c1OC.